The summed E-state index contributed by atoms with van der Waals surface area (Å²) >= 11 is 1.24. The molecule has 0 unspecified atom stereocenters. The number of azo groups is 1. The summed E-state index contributed by atoms with van der Waals surface area (Å²) in [6.45, 7) is 4.18. The topological polar surface area (TPSA) is 92.0 Å². The van der Waals surface area contributed by atoms with Crippen molar-refractivity contribution in [1.29, 1.82) is 0 Å². The molecule has 124 valence electrons. The lowest BCUT2D eigenvalue weighted by Gasteiger charge is -2.02. The summed E-state index contributed by atoms with van der Waals surface area (Å²) < 4.78 is 33.3. The summed E-state index contributed by atoms with van der Waals surface area (Å²) in [5, 5.41) is 8.68. The maximum atomic E-state index is 11.7. The third-order valence-corrected chi connectivity index (χ3v) is 5.72. The molecule has 3 rings (SSSR count). The Kier molecular flexibility index (Phi) is 4.44. The minimum atomic E-state index is -4.30. The Morgan fingerprint density at radius 1 is 1.17 bits per heavy atom. The minimum Gasteiger partial charge on any atom is -0.282 e. The van der Waals surface area contributed by atoms with Crippen LogP contribution in [-0.4, -0.2) is 24.5 Å². The van der Waals surface area contributed by atoms with Gasteiger partial charge in [0.15, 0.2) is 0 Å². The number of thiazole rings is 1. The molecule has 0 bridgehead atoms. The number of benzene rings is 2. The molecule has 0 saturated heterocycles. The lowest BCUT2D eigenvalue weighted by molar-refractivity contribution is 0.484. The number of hydrogen-bond acceptors (Lipinski definition) is 6. The molecule has 0 aliphatic rings. The van der Waals surface area contributed by atoms with Crippen LogP contribution in [0.25, 0.3) is 20.8 Å². The van der Waals surface area contributed by atoms with Crippen molar-refractivity contribution in [3.05, 3.63) is 42.0 Å². The van der Waals surface area contributed by atoms with Gasteiger partial charge in [0.05, 0.1) is 22.4 Å². The zero-order valence-corrected chi connectivity index (χ0v) is 14.7. The van der Waals surface area contributed by atoms with Crippen LogP contribution in [0, 0.1) is 6.92 Å². The first-order valence-electron chi connectivity index (χ1n) is 7.25. The number of aromatic nitrogens is 1. The van der Waals surface area contributed by atoms with Gasteiger partial charge in [0, 0.05) is 5.56 Å². The molecule has 3 aromatic rings. The third-order valence-electron chi connectivity index (χ3n) is 3.41. The molecule has 0 aliphatic heterocycles. The van der Waals surface area contributed by atoms with Crippen molar-refractivity contribution in [3.8, 4) is 10.6 Å². The Bertz CT molecular complexity index is 1020. The lowest BCUT2D eigenvalue weighted by Crippen LogP contribution is -2.00. The van der Waals surface area contributed by atoms with Crippen molar-refractivity contribution in [1.82, 2.24) is 4.98 Å². The fraction of sp³-hybridized carbons (Fsp3) is 0.188. The van der Waals surface area contributed by atoms with E-state index in [1.54, 1.807) is 19.1 Å². The van der Waals surface area contributed by atoms with Gasteiger partial charge >= 0.3 is 0 Å². The van der Waals surface area contributed by atoms with Gasteiger partial charge in [-0.3, -0.25) is 4.55 Å². The van der Waals surface area contributed by atoms with E-state index in [4.69, 9.17) is 0 Å². The highest BCUT2D eigenvalue weighted by molar-refractivity contribution is 7.86. The molecule has 1 heterocycles. The summed E-state index contributed by atoms with van der Waals surface area (Å²) in [6.07, 6.45) is 0. The highest BCUT2D eigenvalue weighted by atomic mass is 32.2. The monoisotopic (exact) mass is 361 g/mol. The molecule has 0 aliphatic carbocycles. The number of hydrogen-bond donors (Lipinski definition) is 1. The zero-order valence-electron chi connectivity index (χ0n) is 13.1. The molecule has 2 aromatic carbocycles. The number of nitrogens with zero attached hydrogens (tertiary/aromatic N) is 3. The van der Waals surface area contributed by atoms with Crippen LogP contribution in [0.15, 0.2) is 51.5 Å². The summed E-state index contributed by atoms with van der Waals surface area (Å²) in [7, 11) is -4.30. The minimum absolute atomic E-state index is 0.0721. The fourth-order valence-electron chi connectivity index (χ4n) is 2.33. The van der Waals surface area contributed by atoms with Crippen LogP contribution in [0.5, 0.6) is 0 Å². The van der Waals surface area contributed by atoms with Crippen LogP contribution in [0.4, 0.5) is 5.69 Å². The highest BCUT2D eigenvalue weighted by Gasteiger charge is 2.20. The average molecular weight is 361 g/mol. The van der Waals surface area contributed by atoms with Crippen LogP contribution in [-0.2, 0) is 10.1 Å². The van der Waals surface area contributed by atoms with Crippen molar-refractivity contribution in [2.24, 2.45) is 10.2 Å². The second-order valence-corrected chi connectivity index (χ2v) is 7.52. The Labute approximate surface area is 143 Å². The van der Waals surface area contributed by atoms with Gasteiger partial charge in [-0.05, 0) is 49.7 Å². The molecule has 0 fully saturated rings. The number of aryl methyl sites for hydroxylation is 1. The molecule has 1 aromatic heterocycles. The molecule has 8 heteroatoms. The van der Waals surface area contributed by atoms with Crippen LogP contribution in [0.1, 0.15) is 12.5 Å². The van der Waals surface area contributed by atoms with E-state index >= 15 is 0 Å². The van der Waals surface area contributed by atoms with Crippen molar-refractivity contribution in [3.63, 3.8) is 0 Å². The van der Waals surface area contributed by atoms with Gasteiger partial charge in [0.25, 0.3) is 10.1 Å². The smallest absolute Gasteiger partial charge is 0.282 e. The van der Waals surface area contributed by atoms with E-state index in [1.165, 1.54) is 11.3 Å². The highest BCUT2D eigenvalue weighted by Crippen LogP contribution is 2.36. The number of rotatable bonds is 4. The standard InChI is InChI=1S/C16H15N3O3S2/c1-3-17-19-12-7-5-11(6-8-12)16-18-13-9-4-10(2)15(14(13)23-16)24(20,21)22/h4-9H,3H2,1-2H3,(H,20,21,22). The van der Waals surface area contributed by atoms with E-state index in [9.17, 15) is 13.0 Å². The van der Waals surface area contributed by atoms with Crippen molar-refractivity contribution < 1.29 is 13.0 Å². The summed E-state index contributed by atoms with van der Waals surface area (Å²) in [5.41, 5.74) is 2.64. The molecular formula is C16H15N3O3S2. The molecule has 1 N–H and O–H groups in total. The van der Waals surface area contributed by atoms with Crippen LogP contribution < -0.4 is 0 Å². The largest absolute Gasteiger partial charge is 0.296 e. The van der Waals surface area contributed by atoms with E-state index < -0.39 is 10.1 Å². The first-order chi connectivity index (χ1) is 11.4. The van der Waals surface area contributed by atoms with Crippen LogP contribution in [0.2, 0.25) is 0 Å². The Balaban J connectivity index is 2.10. The molecule has 0 atom stereocenters. The third kappa shape index (κ3) is 3.21. The summed E-state index contributed by atoms with van der Waals surface area (Å²) in [6, 6.07) is 10.8. The maximum Gasteiger partial charge on any atom is 0.296 e. The van der Waals surface area contributed by atoms with Gasteiger partial charge in [0.2, 0.25) is 0 Å². The second-order valence-electron chi connectivity index (χ2n) is 5.16. The van der Waals surface area contributed by atoms with E-state index in [2.05, 4.69) is 15.2 Å². The fourth-order valence-corrected chi connectivity index (χ4v) is 4.65. The molecule has 6 nitrogen and oxygen atoms in total. The SMILES string of the molecule is CCN=Nc1ccc(-c2nc3ccc(C)c(S(=O)(=O)O)c3s2)cc1. The molecule has 24 heavy (non-hydrogen) atoms. The van der Waals surface area contributed by atoms with E-state index in [0.29, 0.717) is 27.3 Å². The van der Waals surface area contributed by atoms with Crippen molar-refractivity contribution >= 4 is 37.4 Å². The second kappa shape index (κ2) is 6.39. The van der Waals surface area contributed by atoms with Gasteiger partial charge in [-0.2, -0.15) is 18.6 Å². The molecule has 0 saturated carbocycles. The van der Waals surface area contributed by atoms with Crippen molar-refractivity contribution in [2.75, 3.05) is 6.54 Å². The van der Waals surface area contributed by atoms with Crippen LogP contribution >= 0.6 is 11.3 Å². The van der Waals surface area contributed by atoms with E-state index in [1.807, 2.05) is 31.2 Å². The molecule has 0 radical (unpaired) electrons. The summed E-state index contributed by atoms with van der Waals surface area (Å²) in [4.78, 5) is 4.41. The molecule has 0 amide bonds. The Hall–Kier alpha value is -2.16. The van der Waals surface area contributed by atoms with E-state index in [-0.39, 0.29) is 4.90 Å². The molecule has 0 spiro atoms. The first-order valence-corrected chi connectivity index (χ1v) is 9.51. The predicted octanol–water partition coefficient (Wildman–Crippen LogP) is 4.62. The summed E-state index contributed by atoms with van der Waals surface area (Å²) in [5.74, 6) is 0. The van der Waals surface area contributed by atoms with Gasteiger partial charge < -0.3 is 0 Å². The van der Waals surface area contributed by atoms with E-state index in [0.717, 1.165) is 11.3 Å². The number of fused-ring (bicyclic) bond motifs is 1. The van der Waals surface area contributed by atoms with Crippen LogP contribution in [0.3, 0.4) is 0 Å². The average Bonchev–Trinajstić information content (AvgIpc) is 2.95. The quantitative estimate of drug-likeness (QED) is 0.542. The Morgan fingerprint density at radius 2 is 1.88 bits per heavy atom. The van der Waals surface area contributed by atoms with Gasteiger partial charge in [-0.15, -0.1) is 11.3 Å². The van der Waals surface area contributed by atoms with Gasteiger partial charge in [0.1, 0.15) is 9.90 Å². The zero-order chi connectivity index (χ0) is 17.3. The molecular weight excluding hydrogens is 346 g/mol. The first kappa shape index (κ1) is 16.7. The Morgan fingerprint density at radius 3 is 2.50 bits per heavy atom. The maximum absolute atomic E-state index is 11.7. The lowest BCUT2D eigenvalue weighted by atomic mass is 10.2. The van der Waals surface area contributed by atoms with Gasteiger partial charge in [-0.1, -0.05) is 6.07 Å². The normalized spacial score (nSPS) is 12.3. The van der Waals surface area contributed by atoms with Crippen molar-refractivity contribution in [2.45, 2.75) is 18.7 Å². The predicted molar refractivity (Wildman–Crippen MR) is 94.7 cm³/mol. The van der Waals surface area contributed by atoms with Gasteiger partial charge in [-0.25, -0.2) is 4.98 Å².